The number of rotatable bonds is 5. The smallest absolute Gasteiger partial charge is 0.476 e. The number of alkyl halides is 3. The lowest BCUT2D eigenvalue weighted by molar-refractivity contribution is -0.192. The average Bonchev–Trinajstić information content (AvgIpc) is 3.20. The van der Waals surface area contributed by atoms with E-state index in [1.807, 2.05) is 0 Å². The van der Waals surface area contributed by atoms with Crippen LogP contribution in [0.5, 0.6) is 0 Å². The summed E-state index contributed by atoms with van der Waals surface area (Å²) in [6.07, 6.45) is 0.970. The van der Waals surface area contributed by atoms with Crippen LogP contribution in [-0.4, -0.2) is 62.1 Å². The SMILES string of the molecule is O=C(O)C(F)(F)F.O=C(O)c1[nH]nnc1S[C@H]1C[C@H](c2ccc(N3CCCCC3)cc2)C1. The minimum absolute atomic E-state index is 0.0966. The first-order valence-electron chi connectivity index (χ1n) is 10.1. The number of aromatic carboxylic acids is 1. The van der Waals surface area contributed by atoms with Crippen molar-refractivity contribution in [3.05, 3.63) is 35.5 Å². The van der Waals surface area contributed by atoms with Gasteiger partial charge in [0.1, 0.15) is 0 Å². The van der Waals surface area contributed by atoms with E-state index >= 15 is 0 Å². The number of anilines is 1. The Morgan fingerprint density at radius 1 is 1.06 bits per heavy atom. The lowest BCUT2D eigenvalue weighted by Gasteiger charge is -2.35. The van der Waals surface area contributed by atoms with E-state index in [0.29, 0.717) is 16.2 Å². The summed E-state index contributed by atoms with van der Waals surface area (Å²) in [5.74, 6) is -3.20. The monoisotopic (exact) mass is 472 g/mol. The van der Waals surface area contributed by atoms with Crippen molar-refractivity contribution in [2.45, 2.75) is 54.5 Å². The zero-order valence-corrected chi connectivity index (χ0v) is 17.8. The number of carboxylic acid groups (broad SMARTS) is 2. The van der Waals surface area contributed by atoms with Crippen LogP contribution < -0.4 is 4.90 Å². The van der Waals surface area contributed by atoms with Crippen LogP contribution in [0, 0.1) is 0 Å². The van der Waals surface area contributed by atoms with Crippen molar-refractivity contribution in [1.82, 2.24) is 15.4 Å². The van der Waals surface area contributed by atoms with Crippen LogP contribution in [0.4, 0.5) is 18.9 Å². The van der Waals surface area contributed by atoms with Gasteiger partial charge in [0.05, 0.1) is 0 Å². The molecule has 0 atom stereocenters. The van der Waals surface area contributed by atoms with Gasteiger partial charge in [-0.25, -0.2) is 9.59 Å². The number of piperidine rings is 1. The lowest BCUT2D eigenvalue weighted by atomic mass is 9.79. The number of aromatic nitrogens is 3. The first-order chi connectivity index (χ1) is 15.1. The van der Waals surface area contributed by atoms with Crippen LogP contribution in [0.2, 0.25) is 0 Å². The van der Waals surface area contributed by atoms with Crippen molar-refractivity contribution in [2.75, 3.05) is 18.0 Å². The van der Waals surface area contributed by atoms with Gasteiger partial charge in [-0.05, 0) is 55.7 Å². The molecular formula is C20H23F3N4O4S. The van der Waals surface area contributed by atoms with Gasteiger partial charge in [-0.3, -0.25) is 5.10 Å². The predicted octanol–water partition coefficient (Wildman–Crippen LogP) is 4.16. The van der Waals surface area contributed by atoms with Gasteiger partial charge in [-0.15, -0.1) is 5.10 Å². The molecule has 2 aliphatic rings. The van der Waals surface area contributed by atoms with E-state index in [2.05, 4.69) is 44.6 Å². The van der Waals surface area contributed by atoms with E-state index in [9.17, 15) is 18.0 Å². The number of thioether (sulfide) groups is 1. The number of carboxylic acids is 2. The van der Waals surface area contributed by atoms with Crippen molar-refractivity contribution in [1.29, 1.82) is 0 Å². The van der Waals surface area contributed by atoms with E-state index in [-0.39, 0.29) is 5.69 Å². The standard InChI is InChI=1S/C18H22N4O2S.C2HF3O2/c23-18(24)16-17(20-21-19-16)25-15-10-13(11-15)12-4-6-14(7-5-12)22-8-2-1-3-9-22;3-2(4,5)1(6)7/h4-7,13,15H,1-3,8-11H2,(H,23,24)(H,19,20,21);(H,6,7)/t13-,15-;. The van der Waals surface area contributed by atoms with E-state index in [0.717, 1.165) is 12.8 Å². The third-order valence-corrected chi connectivity index (χ3v) is 6.66. The predicted molar refractivity (Wildman–Crippen MR) is 111 cm³/mol. The quantitative estimate of drug-likeness (QED) is 0.593. The summed E-state index contributed by atoms with van der Waals surface area (Å²) in [5.41, 5.74) is 2.82. The number of halogens is 3. The number of aliphatic carboxylic acids is 1. The van der Waals surface area contributed by atoms with Crippen molar-refractivity contribution >= 4 is 29.4 Å². The highest BCUT2D eigenvalue weighted by atomic mass is 32.2. The molecule has 1 aromatic heterocycles. The van der Waals surface area contributed by atoms with Gasteiger partial charge in [0.15, 0.2) is 10.7 Å². The molecule has 8 nitrogen and oxygen atoms in total. The van der Waals surface area contributed by atoms with Crippen molar-refractivity contribution in [3.8, 4) is 0 Å². The minimum Gasteiger partial charge on any atom is -0.476 e. The van der Waals surface area contributed by atoms with Gasteiger partial charge in [-0.2, -0.15) is 13.2 Å². The summed E-state index contributed by atoms with van der Waals surface area (Å²) in [7, 11) is 0. The lowest BCUT2D eigenvalue weighted by Crippen LogP contribution is -2.29. The van der Waals surface area contributed by atoms with Crippen LogP contribution in [-0.2, 0) is 4.79 Å². The molecule has 0 radical (unpaired) electrons. The summed E-state index contributed by atoms with van der Waals surface area (Å²) in [6.45, 7) is 2.34. The number of hydrogen-bond donors (Lipinski definition) is 3. The molecule has 2 fully saturated rings. The Morgan fingerprint density at radius 3 is 2.19 bits per heavy atom. The average molecular weight is 472 g/mol. The summed E-state index contributed by atoms with van der Waals surface area (Å²) in [5, 5.41) is 27.1. The summed E-state index contributed by atoms with van der Waals surface area (Å²) in [6, 6.07) is 9.02. The molecule has 3 N–H and O–H groups in total. The maximum Gasteiger partial charge on any atom is 0.490 e. The maximum atomic E-state index is 11.1. The molecule has 12 heteroatoms. The molecule has 1 aromatic carbocycles. The Morgan fingerprint density at radius 2 is 1.66 bits per heavy atom. The number of nitrogens with one attached hydrogen (secondary N) is 1. The van der Waals surface area contributed by atoms with Crippen molar-refractivity contribution in [3.63, 3.8) is 0 Å². The normalized spacial score (nSPS) is 20.7. The highest BCUT2D eigenvalue weighted by molar-refractivity contribution is 8.00. The van der Waals surface area contributed by atoms with Crippen molar-refractivity contribution in [2.24, 2.45) is 0 Å². The summed E-state index contributed by atoms with van der Waals surface area (Å²) >= 11 is 1.52. The number of nitrogens with zero attached hydrogens (tertiary/aromatic N) is 3. The molecule has 4 rings (SSSR count). The zero-order chi connectivity index (χ0) is 23.3. The fourth-order valence-corrected chi connectivity index (χ4v) is 4.95. The number of carbonyl (C=O) groups is 2. The van der Waals surface area contributed by atoms with Gasteiger partial charge in [0.2, 0.25) is 0 Å². The third-order valence-electron chi connectivity index (χ3n) is 5.43. The largest absolute Gasteiger partial charge is 0.490 e. The molecule has 1 saturated carbocycles. The number of benzene rings is 1. The second-order valence-electron chi connectivity index (χ2n) is 7.65. The van der Waals surface area contributed by atoms with Crippen LogP contribution in [0.3, 0.4) is 0 Å². The Hall–Kier alpha value is -2.76. The van der Waals surface area contributed by atoms with E-state index in [4.69, 9.17) is 15.0 Å². The molecular weight excluding hydrogens is 449 g/mol. The van der Waals surface area contributed by atoms with Crippen LogP contribution >= 0.6 is 11.8 Å². The van der Waals surface area contributed by atoms with Gasteiger partial charge in [0, 0.05) is 24.0 Å². The molecule has 1 saturated heterocycles. The minimum atomic E-state index is -5.08. The Bertz CT molecular complexity index is 924. The maximum absolute atomic E-state index is 11.1. The highest BCUT2D eigenvalue weighted by Crippen LogP contribution is 2.46. The van der Waals surface area contributed by atoms with E-state index < -0.39 is 18.1 Å². The second kappa shape index (κ2) is 10.2. The first kappa shape index (κ1) is 23.9. The van der Waals surface area contributed by atoms with Crippen LogP contribution in [0.25, 0.3) is 0 Å². The Kier molecular flexibility index (Phi) is 7.64. The summed E-state index contributed by atoms with van der Waals surface area (Å²) in [4.78, 5) is 22.5. The molecule has 1 aliphatic carbocycles. The fraction of sp³-hybridized carbons (Fsp3) is 0.500. The van der Waals surface area contributed by atoms with Crippen molar-refractivity contribution < 1.29 is 33.0 Å². The van der Waals surface area contributed by atoms with Gasteiger partial charge < -0.3 is 15.1 Å². The Balaban J connectivity index is 0.000000360. The molecule has 0 spiro atoms. The molecule has 0 bridgehead atoms. The highest BCUT2D eigenvalue weighted by Gasteiger charge is 2.38. The van der Waals surface area contributed by atoms with Gasteiger partial charge in [-0.1, -0.05) is 29.1 Å². The number of hydrogen-bond acceptors (Lipinski definition) is 6. The summed E-state index contributed by atoms with van der Waals surface area (Å²) < 4.78 is 31.7. The zero-order valence-electron chi connectivity index (χ0n) is 17.0. The number of aromatic amines is 1. The number of H-pyrrole nitrogens is 1. The van der Waals surface area contributed by atoms with E-state index in [1.54, 1.807) is 0 Å². The topological polar surface area (TPSA) is 119 Å². The molecule has 32 heavy (non-hydrogen) atoms. The molecule has 2 heterocycles. The molecule has 174 valence electrons. The molecule has 0 amide bonds. The third kappa shape index (κ3) is 6.15. The first-order valence-corrected chi connectivity index (χ1v) is 11.0. The van der Waals surface area contributed by atoms with Gasteiger partial charge in [0.25, 0.3) is 0 Å². The van der Waals surface area contributed by atoms with Crippen LogP contribution in [0.1, 0.15) is 54.1 Å². The fourth-order valence-electron chi connectivity index (χ4n) is 3.64. The van der Waals surface area contributed by atoms with E-state index in [1.165, 1.54) is 55.4 Å². The Labute approximate surface area is 186 Å². The van der Waals surface area contributed by atoms with Crippen LogP contribution in [0.15, 0.2) is 29.3 Å². The molecule has 0 unspecified atom stereocenters. The van der Waals surface area contributed by atoms with Gasteiger partial charge >= 0.3 is 18.1 Å². The molecule has 2 aromatic rings. The second-order valence-corrected chi connectivity index (χ2v) is 8.94. The molecule has 1 aliphatic heterocycles.